The molecular weight excluding hydrogens is 417 g/mol. The highest BCUT2D eigenvalue weighted by Crippen LogP contribution is 2.63. The zero-order chi connectivity index (χ0) is 22.5. The summed E-state index contributed by atoms with van der Waals surface area (Å²) in [6.45, 7) is 5.14. The molecule has 5 fully saturated rings. The molecule has 0 amide bonds. The van der Waals surface area contributed by atoms with Crippen LogP contribution in [-0.4, -0.2) is 42.4 Å². The fourth-order valence-corrected chi connectivity index (χ4v) is 7.20. The Morgan fingerprint density at radius 3 is 2.45 bits per heavy atom. The zero-order valence-electron chi connectivity index (χ0n) is 17.7. The van der Waals surface area contributed by atoms with E-state index < -0.39 is 47.8 Å². The molecule has 0 aromatic carbocycles. The molecule has 0 aromatic rings. The van der Waals surface area contributed by atoms with Crippen molar-refractivity contribution in [2.75, 3.05) is 0 Å². The Hall–Kier alpha value is -1.80. The lowest BCUT2D eigenvalue weighted by Gasteiger charge is -2.34. The summed E-state index contributed by atoms with van der Waals surface area (Å²) < 4.78 is 54.4. The van der Waals surface area contributed by atoms with Crippen LogP contribution in [0.15, 0.2) is 0 Å². The van der Waals surface area contributed by atoms with Gasteiger partial charge in [0, 0.05) is 11.8 Å². The van der Waals surface area contributed by atoms with Crippen LogP contribution in [-0.2, 0) is 28.6 Å². The number of rotatable bonds is 4. The fourth-order valence-electron chi connectivity index (χ4n) is 7.20. The van der Waals surface area contributed by atoms with Crippen LogP contribution in [0, 0.1) is 46.8 Å². The van der Waals surface area contributed by atoms with Gasteiger partial charge in [0.1, 0.15) is 12.2 Å². The Labute approximate surface area is 178 Å². The maximum atomic E-state index is 13.0. The van der Waals surface area contributed by atoms with Crippen LogP contribution in [0.1, 0.15) is 46.5 Å². The minimum absolute atomic E-state index is 0.00147. The third kappa shape index (κ3) is 2.80. The number of hydrogen-bond donors (Lipinski definition) is 0. The molecule has 172 valence electrons. The lowest BCUT2D eigenvalue weighted by atomic mass is 9.73. The minimum atomic E-state index is -4.71. The quantitative estimate of drug-likeness (QED) is 0.376. The van der Waals surface area contributed by atoms with E-state index in [1.807, 2.05) is 0 Å². The van der Waals surface area contributed by atoms with Crippen LogP contribution in [0.3, 0.4) is 0 Å². The molecular formula is C22H27F3O6. The monoisotopic (exact) mass is 444 g/mol. The Morgan fingerprint density at radius 1 is 1.13 bits per heavy atom. The number of halogens is 3. The lowest BCUT2D eigenvalue weighted by molar-refractivity contribution is -0.222. The largest absolute Gasteiger partial charge is 0.458 e. The van der Waals surface area contributed by atoms with Gasteiger partial charge in [-0.2, -0.15) is 13.2 Å². The molecule has 4 saturated carbocycles. The molecule has 1 heterocycles. The van der Waals surface area contributed by atoms with Gasteiger partial charge in [0.05, 0.1) is 5.92 Å². The molecule has 9 heteroatoms. The molecule has 0 spiro atoms. The van der Waals surface area contributed by atoms with Crippen molar-refractivity contribution in [1.82, 2.24) is 0 Å². The molecule has 4 aliphatic carbocycles. The van der Waals surface area contributed by atoms with Crippen molar-refractivity contribution in [2.24, 2.45) is 46.8 Å². The molecule has 1 aliphatic heterocycles. The maximum absolute atomic E-state index is 13.0. The van der Waals surface area contributed by atoms with Gasteiger partial charge in [-0.05, 0) is 56.3 Å². The minimum Gasteiger partial charge on any atom is -0.458 e. The van der Waals surface area contributed by atoms with E-state index in [0.29, 0.717) is 30.1 Å². The molecule has 0 N–H and O–H groups in total. The van der Waals surface area contributed by atoms with E-state index in [-0.39, 0.29) is 24.2 Å². The second-order valence-corrected chi connectivity index (χ2v) is 10.4. The summed E-state index contributed by atoms with van der Waals surface area (Å²) in [4.78, 5) is 38.2. The summed E-state index contributed by atoms with van der Waals surface area (Å²) in [6, 6.07) is 0. The van der Waals surface area contributed by atoms with Crippen molar-refractivity contribution >= 4 is 17.9 Å². The Morgan fingerprint density at radius 2 is 1.84 bits per heavy atom. The highest BCUT2D eigenvalue weighted by molar-refractivity contribution is 6.03. The first-order chi connectivity index (χ1) is 14.4. The number of ether oxygens (including phenoxy) is 3. The summed E-state index contributed by atoms with van der Waals surface area (Å²) in [5, 5.41) is 0. The molecule has 5 aliphatic rings. The van der Waals surface area contributed by atoms with Gasteiger partial charge in [0.15, 0.2) is 11.5 Å². The number of alkyl halides is 3. The Bertz CT molecular complexity index is 825. The second kappa shape index (κ2) is 6.61. The summed E-state index contributed by atoms with van der Waals surface area (Å²) >= 11 is 0. The van der Waals surface area contributed by atoms with Gasteiger partial charge in [-0.1, -0.05) is 13.8 Å². The third-order valence-corrected chi connectivity index (χ3v) is 9.13. The average molecular weight is 444 g/mol. The standard InChI is InChI=1S/C22H27F3O6/c1-8-9(2)13-4-11(8)5-14(13)18(26)30-16-12-6-15-17(16)31-20(28)21(15,7-12)19(27)29-10(3)22(23,24)25/h8-17H,4-7H2,1-3H3. The number of hydrogen-bond acceptors (Lipinski definition) is 6. The SMILES string of the molecule is CC1C2CC(C(=O)OC3C4CC5C3OC(=O)C5(C(=O)OC(C)C(F)(F)F)C4)C(C2)C1C. The van der Waals surface area contributed by atoms with Gasteiger partial charge in [0.25, 0.3) is 0 Å². The van der Waals surface area contributed by atoms with Gasteiger partial charge < -0.3 is 14.2 Å². The molecule has 5 rings (SSSR count). The van der Waals surface area contributed by atoms with E-state index in [1.165, 1.54) is 0 Å². The van der Waals surface area contributed by atoms with E-state index >= 15 is 0 Å². The molecule has 6 nitrogen and oxygen atoms in total. The highest BCUT2D eigenvalue weighted by Gasteiger charge is 2.76. The second-order valence-electron chi connectivity index (χ2n) is 10.4. The van der Waals surface area contributed by atoms with Crippen LogP contribution in [0.2, 0.25) is 0 Å². The highest BCUT2D eigenvalue weighted by atomic mass is 19.4. The summed E-state index contributed by atoms with van der Waals surface area (Å²) in [5.74, 6) is -1.50. The van der Waals surface area contributed by atoms with Gasteiger partial charge in [-0.3, -0.25) is 14.4 Å². The Kier molecular flexibility index (Phi) is 4.49. The predicted octanol–water partition coefficient (Wildman–Crippen LogP) is 3.27. The molecule has 0 radical (unpaired) electrons. The van der Waals surface area contributed by atoms with E-state index in [0.717, 1.165) is 19.8 Å². The van der Waals surface area contributed by atoms with Crippen LogP contribution in [0.5, 0.6) is 0 Å². The predicted molar refractivity (Wildman–Crippen MR) is 98.0 cm³/mol. The van der Waals surface area contributed by atoms with Crippen molar-refractivity contribution in [3.63, 3.8) is 0 Å². The number of fused-ring (bicyclic) bond motifs is 3. The number of carbonyl (C=O) groups excluding carboxylic acids is 3. The molecule has 1 saturated heterocycles. The van der Waals surface area contributed by atoms with Gasteiger partial charge >= 0.3 is 24.1 Å². The van der Waals surface area contributed by atoms with Crippen LogP contribution >= 0.6 is 0 Å². The van der Waals surface area contributed by atoms with Crippen molar-refractivity contribution in [3.8, 4) is 0 Å². The van der Waals surface area contributed by atoms with E-state index in [4.69, 9.17) is 9.47 Å². The molecule has 4 bridgehead atoms. The third-order valence-electron chi connectivity index (χ3n) is 9.13. The molecule has 0 aromatic heterocycles. The van der Waals surface area contributed by atoms with Crippen molar-refractivity contribution in [2.45, 2.75) is 70.9 Å². The zero-order valence-corrected chi connectivity index (χ0v) is 17.7. The van der Waals surface area contributed by atoms with Crippen LogP contribution < -0.4 is 0 Å². The van der Waals surface area contributed by atoms with Gasteiger partial charge in [0.2, 0.25) is 0 Å². The number of esters is 3. The van der Waals surface area contributed by atoms with E-state index in [1.54, 1.807) is 0 Å². The van der Waals surface area contributed by atoms with E-state index in [2.05, 4.69) is 18.6 Å². The summed E-state index contributed by atoms with van der Waals surface area (Å²) in [5.41, 5.74) is -1.71. The number of carbonyl (C=O) groups is 3. The first kappa shape index (κ1) is 21.1. The first-order valence-corrected chi connectivity index (χ1v) is 11.1. The average Bonchev–Trinajstić information content (AvgIpc) is 3.44. The van der Waals surface area contributed by atoms with Gasteiger partial charge in [-0.25, -0.2) is 0 Å². The van der Waals surface area contributed by atoms with E-state index in [9.17, 15) is 27.6 Å². The van der Waals surface area contributed by atoms with Crippen molar-refractivity contribution in [3.05, 3.63) is 0 Å². The van der Waals surface area contributed by atoms with Crippen LogP contribution in [0.4, 0.5) is 13.2 Å². The van der Waals surface area contributed by atoms with Gasteiger partial charge in [-0.15, -0.1) is 0 Å². The fraction of sp³-hybridized carbons (Fsp3) is 0.864. The molecule has 11 unspecified atom stereocenters. The maximum Gasteiger partial charge on any atom is 0.425 e. The first-order valence-electron chi connectivity index (χ1n) is 11.1. The molecule has 11 atom stereocenters. The van der Waals surface area contributed by atoms with Crippen LogP contribution in [0.25, 0.3) is 0 Å². The normalized spacial score (nSPS) is 48.1. The summed E-state index contributed by atoms with van der Waals surface area (Å²) in [7, 11) is 0. The van der Waals surface area contributed by atoms with Crippen molar-refractivity contribution < 1.29 is 41.8 Å². The van der Waals surface area contributed by atoms with Crippen molar-refractivity contribution in [1.29, 1.82) is 0 Å². The smallest absolute Gasteiger partial charge is 0.425 e. The topological polar surface area (TPSA) is 78.9 Å². The Balaban J connectivity index is 1.28. The molecule has 31 heavy (non-hydrogen) atoms. The lowest BCUT2D eigenvalue weighted by Crippen LogP contribution is -2.48. The summed E-state index contributed by atoms with van der Waals surface area (Å²) in [6.07, 6.45) is -6.21.